The van der Waals surface area contributed by atoms with Crippen LogP contribution in [0, 0.1) is 201 Å². The SMILES string of the molecule is CC#CC#CC#CC#CC#CC#CC#CC#CC(=O)OCC(COC(=O)C#CC#CC#CC#CC#CC#CC#CC#CC)OC(=O)CC(C)CCCCC(C)CC(=O)O. The van der Waals surface area contributed by atoms with Crippen molar-refractivity contribution in [3.8, 4) is 189 Å². The molecule has 2 atom stereocenters. The lowest BCUT2D eigenvalue weighted by molar-refractivity contribution is -0.164. The molecule has 0 spiro atoms. The second-order valence-corrected chi connectivity index (χ2v) is 10.9. The first kappa shape index (κ1) is 49.8. The summed E-state index contributed by atoms with van der Waals surface area (Å²) >= 11 is 0. The van der Waals surface area contributed by atoms with Crippen LogP contribution < -0.4 is 0 Å². The van der Waals surface area contributed by atoms with Crippen molar-refractivity contribution in [2.24, 2.45) is 11.8 Å². The summed E-state index contributed by atoms with van der Waals surface area (Å²) in [6, 6.07) is 0. The molecule has 284 valence electrons. The van der Waals surface area contributed by atoms with Crippen molar-refractivity contribution in [3.05, 3.63) is 0 Å². The van der Waals surface area contributed by atoms with Crippen molar-refractivity contribution >= 4 is 23.9 Å². The monoisotopic (exact) mass is 772 g/mol. The first-order valence-electron chi connectivity index (χ1n) is 17.3. The summed E-state index contributed by atoms with van der Waals surface area (Å²) in [6.07, 6.45) is 2.05. The Balaban J connectivity index is 5.37. The molecule has 0 bridgehead atoms. The number of carboxylic acid groups (broad SMARTS) is 1. The van der Waals surface area contributed by atoms with Crippen molar-refractivity contribution in [2.45, 2.75) is 72.3 Å². The molecule has 0 fully saturated rings. The number of aliphatic carboxylic acids is 1. The number of unbranched alkanes of at least 4 members (excludes halogenated alkanes) is 1. The Kier molecular flexibility index (Phi) is 31.4. The van der Waals surface area contributed by atoms with E-state index in [9.17, 15) is 19.2 Å². The van der Waals surface area contributed by atoms with Gasteiger partial charge < -0.3 is 19.3 Å². The normalized spacial score (nSPS) is 8.08. The number of rotatable bonds is 14. The average Bonchev–Trinajstić information content (AvgIpc) is 3.20. The summed E-state index contributed by atoms with van der Waals surface area (Å²) in [6.45, 7) is 6.10. The predicted molar refractivity (Wildman–Crippen MR) is 221 cm³/mol. The number of carbonyl (C=O) groups excluding carboxylic acids is 3. The van der Waals surface area contributed by atoms with E-state index in [0.717, 1.165) is 19.3 Å². The molecule has 0 aromatic carbocycles. The number of ether oxygens (including phenoxy) is 3. The highest BCUT2D eigenvalue weighted by molar-refractivity contribution is 5.89. The Hall–Kier alpha value is -9.16. The minimum Gasteiger partial charge on any atom is -0.481 e. The van der Waals surface area contributed by atoms with Crippen LogP contribution in [0.4, 0.5) is 0 Å². The highest BCUT2D eigenvalue weighted by Crippen LogP contribution is 2.18. The van der Waals surface area contributed by atoms with Crippen LogP contribution in [-0.4, -0.2) is 48.3 Å². The first-order valence-corrected chi connectivity index (χ1v) is 17.3. The van der Waals surface area contributed by atoms with Crippen molar-refractivity contribution in [2.75, 3.05) is 13.2 Å². The van der Waals surface area contributed by atoms with Gasteiger partial charge in [-0.15, -0.1) is 0 Å². The van der Waals surface area contributed by atoms with Crippen LogP contribution in [-0.2, 0) is 33.4 Å². The standard InChI is InChI=1S/C51H32O8/c1-5-7-9-11-13-15-17-19-21-23-25-27-29-31-33-39-49(54)57-43-47(59-51(56)42-46(4)38-36-35-37-45(3)41-48(52)53)44-58-50(55)40-34-32-30-28-26-24-22-20-18-16-14-12-10-8-6-2/h45-47H,35-38,41-44H2,1-4H3,(H,52,53). The summed E-state index contributed by atoms with van der Waals surface area (Å²) < 4.78 is 15.6. The summed E-state index contributed by atoms with van der Waals surface area (Å²) in [4.78, 5) is 48.0. The van der Waals surface area contributed by atoms with Crippen LogP contribution in [0.5, 0.6) is 0 Å². The highest BCUT2D eigenvalue weighted by atomic mass is 16.6. The zero-order chi connectivity index (χ0) is 43.4. The van der Waals surface area contributed by atoms with Gasteiger partial charge in [0.15, 0.2) is 6.10 Å². The number of carbonyl (C=O) groups is 4. The lowest BCUT2D eigenvalue weighted by atomic mass is 9.96. The van der Waals surface area contributed by atoms with Crippen molar-refractivity contribution < 1.29 is 38.5 Å². The molecule has 0 radical (unpaired) electrons. The molecule has 0 rings (SSSR count). The third-order valence-electron chi connectivity index (χ3n) is 5.98. The molecule has 59 heavy (non-hydrogen) atoms. The number of hydrogen-bond donors (Lipinski definition) is 1. The highest BCUT2D eigenvalue weighted by Gasteiger charge is 2.20. The van der Waals surface area contributed by atoms with Crippen LogP contribution in [0.2, 0.25) is 0 Å². The Bertz CT molecular complexity index is 2470. The van der Waals surface area contributed by atoms with Gasteiger partial charge in [0.05, 0.1) is 0 Å². The van der Waals surface area contributed by atoms with Crippen LogP contribution in [0.3, 0.4) is 0 Å². The number of hydrogen-bond acceptors (Lipinski definition) is 7. The lowest BCUT2D eigenvalue weighted by Gasteiger charge is -2.18. The van der Waals surface area contributed by atoms with E-state index in [1.54, 1.807) is 13.8 Å². The van der Waals surface area contributed by atoms with E-state index in [4.69, 9.17) is 19.3 Å². The summed E-state index contributed by atoms with van der Waals surface area (Å²) in [5, 5.41) is 8.92. The molecule has 0 aliphatic heterocycles. The summed E-state index contributed by atoms with van der Waals surface area (Å²) in [5.41, 5.74) is 0. The minimum atomic E-state index is -1.18. The van der Waals surface area contributed by atoms with Gasteiger partial charge in [-0.1, -0.05) is 51.4 Å². The smallest absolute Gasteiger partial charge is 0.385 e. The second-order valence-electron chi connectivity index (χ2n) is 10.9. The topological polar surface area (TPSA) is 116 Å². The van der Waals surface area contributed by atoms with Gasteiger partial charge in [0.1, 0.15) is 13.2 Å². The fourth-order valence-electron chi connectivity index (χ4n) is 3.57. The molecule has 0 heterocycles. The van der Waals surface area contributed by atoms with E-state index < -0.39 is 43.2 Å². The van der Waals surface area contributed by atoms with E-state index in [1.807, 2.05) is 13.8 Å². The van der Waals surface area contributed by atoms with Crippen molar-refractivity contribution in [1.82, 2.24) is 0 Å². The van der Waals surface area contributed by atoms with Gasteiger partial charge in [-0.3, -0.25) is 9.59 Å². The van der Waals surface area contributed by atoms with Gasteiger partial charge >= 0.3 is 23.9 Å². The minimum absolute atomic E-state index is 0.0424. The van der Waals surface area contributed by atoms with E-state index in [0.29, 0.717) is 6.42 Å². The van der Waals surface area contributed by atoms with Gasteiger partial charge in [-0.25, -0.2) is 9.59 Å². The van der Waals surface area contributed by atoms with Crippen LogP contribution in [0.15, 0.2) is 0 Å². The maximum atomic E-state index is 12.7. The molecular formula is C51H32O8. The van der Waals surface area contributed by atoms with Crippen molar-refractivity contribution in [1.29, 1.82) is 0 Å². The summed E-state index contributed by atoms with van der Waals surface area (Å²) in [5.74, 6) is 74.5. The van der Waals surface area contributed by atoms with Gasteiger partial charge in [0.2, 0.25) is 0 Å². The third kappa shape index (κ3) is 37.0. The van der Waals surface area contributed by atoms with Crippen LogP contribution in [0.25, 0.3) is 0 Å². The Morgan fingerprint density at radius 1 is 0.441 bits per heavy atom. The molecule has 0 aromatic heterocycles. The predicted octanol–water partition coefficient (Wildman–Crippen LogP) is 2.78. The number of carboxylic acids is 1. The molecular weight excluding hydrogens is 741 g/mol. The van der Waals surface area contributed by atoms with Crippen molar-refractivity contribution in [3.63, 3.8) is 0 Å². The number of esters is 3. The summed E-state index contributed by atoms with van der Waals surface area (Å²) in [7, 11) is 0. The maximum absolute atomic E-state index is 12.7. The fraction of sp³-hybridized carbons (Fsp3) is 0.294. The molecule has 8 heteroatoms. The van der Waals surface area contributed by atoms with E-state index in [-0.39, 0.29) is 24.7 Å². The quantitative estimate of drug-likeness (QED) is 0.0944. The van der Waals surface area contributed by atoms with Gasteiger partial charge in [0, 0.05) is 24.7 Å². The zero-order valence-electron chi connectivity index (χ0n) is 32.7. The van der Waals surface area contributed by atoms with E-state index >= 15 is 0 Å². The van der Waals surface area contributed by atoms with Crippen LogP contribution >= 0.6 is 0 Å². The third-order valence-corrected chi connectivity index (χ3v) is 5.98. The molecule has 0 saturated carbocycles. The molecule has 0 aliphatic rings. The molecule has 1 N–H and O–H groups in total. The fourth-order valence-corrected chi connectivity index (χ4v) is 3.57. The molecule has 0 amide bonds. The molecule has 0 aromatic rings. The zero-order valence-corrected chi connectivity index (χ0v) is 32.7. The Morgan fingerprint density at radius 3 is 1.03 bits per heavy atom. The molecule has 8 nitrogen and oxygen atoms in total. The Labute approximate surface area is 348 Å². The molecule has 0 saturated heterocycles. The maximum Gasteiger partial charge on any atom is 0.385 e. The first-order chi connectivity index (χ1) is 28.7. The largest absolute Gasteiger partial charge is 0.481 e. The Morgan fingerprint density at radius 2 is 0.729 bits per heavy atom. The second kappa shape index (κ2) is 37.2. The molecule has 0 aliphatic carbocycles. The average molecular weight is 773 g/mol. The van der Waals surface area contributed by atoms with E-state index in [2.05, 4.69) is 189 Å². The van der Waals surface area contributed by atoms with Gasteiger partial charge in [-0.05, 0) is 191 Å². The molecule has 2 unspecified atom stereocenters. The van der Waals surface area contributed by atoms with E-state index in [1.165, 1.54) is 0 Å². The van der Waals surface area contributed by atoms with Gasteiger partial charge in [-0.2, -0.15) is 0 Å². The lowest BCUT2D eigenvalue weighted by Crippen LogP contribution is -2.31. The van der Waals surface area contributed by atoms with Gasteiger partial charge in [0.25, 0.3) is 0 Å². The van der Waals surface area contributed by atoms with Crippen LogP contribution in [0.1, 0.15) is 66.2 Å².